The number of hydrogen-bond acceptors (Lipinski definition) is 7. The summed E-state index contributed by atoms with van der Waals surface area (Å²) in [7, 11) is 1.50. The summed E-state index contributed by atoms with van der Waals surface area (Å²) in [5, 5.41) is 22.1. The van der Waals surface area contributed by atoms with E-state index in [0.29, 0.717) is 28.6 Å². The molecule has 0 amide bonds. The van der Waals surface area contributed by atoms with Gasteiger partial charge in [0.15, 0.2) is 11.5 Å². The Hall–Kier alpha value is -3.00. The lowest BCUT2D eigenvalue weighted by atomic mass is 10.2. The first-order chi connectivity index (χ1) is 12.4. The number of benzene rings is 2. The van der Waals surface area contributed by atoms with Gasteiger partial charge in [0.05, 0.1) is 24.6 Å². The number of hydrogen-bond donors (Lipinski definition) is 0. The molecule has 136 valence electrons. The van der Waals surface area contributed by atoms with Crippen molar-refractivity contribution < 1.29 is 24.3 Å². The number of nitrogens with zero attached hydrogens (tertiary/aromatic N) is 1. The van der Waals surface area contributed by atoms with E-state index in [4.69, 9.17) is 9.47 Å². The zero-order chi connectivity index (χ0) is 19.1. The van der Waals surface area contributed by atoms with Crippen molar-refractivity contribution in [2.24, 2.45) is 0 Å². The normalized spacial score (nSPS) is 11.1. The van der Waals surface area contributed by atoms with Crippen LogP contribution in [0.4, 0.5) is 5.69 Å². The van der Waals surface area contributed by atoms with Gasteiger partial charge in [0.2, 0.25) is 0 Å². The van der Waals surface area contributed by atoms with E-state index in [9.17, 15) is 20.0 Å². The monoisotopic (exact) mass is 374 g/mol. The predicted octanol–water partition coefficient (Wildman–Crippen LogP) is 2.89. The highest BCUT2D eigenvalue weighted by molar-refractivity contribution is 8.04. The predicted molar refractivity (Wildman–Crippen MR) is 96.1 cm³/mol. The summed E-state index contributed by atoms with van der Waals surface area (Å²) in [5.41, 5.74) is 0.531. The number of thioether (sulfide) groups is 1. The van der Waals surface area contributed by atoms with Gasteiger partial charge in [-0.05, 0) is 42.8 Å². The Morgan fingerprint density at radius 3 is 2.42 bits per heavy atom. The van der Waals surface area contributed by atoms with E-state index in [2.05, 4.69) is 0 Å². The Labute approximate surface area is 154 Å². The minimum atomic E-state index is -1.35. The van der Waals surface area contributed by atoms with Gasteiger partial charge in [0.25, 0.3) is 5.69 Å². The first kappa shape index (κ1) is 19.3. The van der Waals surface area contributed by atoms with Crippen molar-refractivity contribution in [3.05, 3.63) is 63.0 Å². The van der Waals surface area contributed by atoms with Crippen LogP contribution in [0.3, 0.4) is 0 Å². The molecule has 0 heterocycles. The quantitative estimate of drug-likeness (QED) is 0.303. The maximum atomic E-state index is 11.4. The second kappa shape index (κ2) is 8.91. The molecule has 0 N–H and O–H groups in total. The molecule has 26 heavy (non-hydrogen) atoms. The Morgan fingerprint density at radius 1 is 1.19 bits per heavy atom. The molecule has 0 aliphatic heterocycles. The Bertz CT molecular complexity index is 832. The second-order valence-electron chi connectivity index (χ2n) is 4.99. The van der Waals surface area contributed by atoms with E-state index in [0.717, 1.165) is 11.8 Å². The number of rotatable bonds is 8. The third-order valence-electron chi connectivity index (χ3n) is 3.26. The molecule has 0 aliphatic carbocycles. The lowest BCUT2D eigenvalue weighted by Crippen LogP contribution is -2.22. The molecule has 0 spiro atoms. The molecule has 0 atom stereocenters. The lowest BCUT2D eigenvalue weighted by molar-refractivity contribution is -0.384. The SMILES string of the molecule is CCOc1ccc(/C=C(/Sc2ccc([N+](=O)[O-])cc2)C(=O)[O-])cc1OC. The molecule has 0 bridgehead atoms. The standard InChI is InChI=1S/C18H17NO6S/c1-3-25-15-9-4-12(10-16(15)24-2)11-17(18(20)21)26-14-7-5-13(6-8-14)19(22)23/h4-11H,3H2,1-2H3,(H,20,21)/p-1/b17-11+. The van der Waals surface area contributed by atoms with Gasteiger partial charge < -0.3 is 19.4 Å². The zero-order valence-corrected chi connectivity index (χ0v) is 14.9. The molecule has 0 saturated carbocycles. The highest BCUT2D eigenvalue weighted by atomic mass is 32.2. The van der Waals surface area contributed by atoms with Gasteiger partial charge in [-0.2, -0.15) is 0 Å². The topological polar surface area (TPSA) is 102 Å². The number of nitro groups is 1. The van der Waals surface area contributed by atoms with Crippen molar-refractivity contribution >= 4 is 29.5 Å². The number of aliphatic carboxylic acids is 1. The van der Waals surface area contributed by atoms with Crippen molar-refractivity contribution in [3.8, 4) is 11.5 Å². The van der Waals surface area contributed by atoms with Crippen molar-refractivity contribution in [2.75, 3.05) is 13.7 Å². The van der Waals surface area contributed by atoms with Crippen LogP contribution in [0, 0.1) is 10.1 Å². The van der Waals surface area contributed by atoms with Crippen LogP contribution in [-0.2, 0) is 4.79 Å². The number of carbonyl (C=O) groups is 1. The van der Waals surface area contributed by atoms with E-state index < -0.39 is 10.9 Å². The number of carboxylic acids is 1. The fraction of sp³-hybridized carbons (Fsp3) is 0.167. The van der Waals surface area contributed by atoms with Crippen molar-refractivity contribution in [3.63, 3.8) is 0 Å². The van der Waals surface area contributed by atoms with Crippen molar-refractivity contribution in [1.29, 1.82) is 0 Å². The molecule has 2 aromatic carbocycles. The van der Waals surface area contributed by atoms with Gasteiger partial charge in [-0.1, -0.05) is 17.8 Å². The molecule has 0 saturated heterocycles. The Morgan fingerprint density at radius 2 is 1.88 bits per heavy atom. The minimum Gasteiger partial charge on any atom is -0.544 e. The molecule has 0 aromatic heterocycles. The Kier molecular flexibility index (Phi) is 6.62. The van der Waals surface area contributed by atoms with E-state index in [1.54, 1.807) is 18.2 Å². The average molecular weight is 374 g/mol. The fourth-order valence-electron chi connectivity index (χ4n) is 2.09. The summed E-state index contributed by atoms with van der Waals surface area (Å²) in [4.78, 5) is 22.1. The molecular weight excluding hydrogens is 358 g/mol. The highest BCUT2D eigenvalue weighted by Crippen LogP contribution is 2.32. The summed E-state index contributed by atoms with van der Waals surface area (Å²) < 4.78 is 10.7. The Balaban J connectivity index is 2.28. The van der Waals surface area contributed by atoms with Crippen LogP contribution in [0.5, 0.6) is 11.5 Å². The molecule has 0 fully saturated rings. The largest absolute Gasteiger partial charge is 0.544 e. The molecule has 0 unspecified atom stereocenters. The maximum absolute atomic E-state index is 11.4. The van der Waals surface area contributed by atoms with Gasteiger partial charge in [-0.25, -0.2) is 0 Å². The van der Waals surface area contributed by atoms with Gasteiger partial charge >= 0.3 is 0 Å². The van der Waals surface area contributed by atoms with Gasteiger partial charge in [0, 0.05) is 21.9 Å². The van der Waals surface area contributed by atoms with Gasteiger partial charge in [0.1, 0.15) is 0 Å². The fourth-order valence-corrected chi connectivity index (χ4v) is 2.90. The zero-order valence-electron chi connectivity index (χ0n) is 14.1. The van der Waals surface area contributed by atoms with E-state index in [1.807, 2.05) is 6.92 Å². The minimum absolute atomic E-state index is 0.0370. The number of non-ortho nitro benzene ring substituents is 1. The van der Waals surface area contributed by atoms with Crippen LogP contribution in [0.2, 0.25) is 0 Å². The second-order valence-corrected chi connectivity index (χ2v) is 6.11. The van der Waals surface area contributed by atoms with E-state index in [-0.39, 0.29) is 10.6 Å². The first-order valence-corrected chi connectivity index (χ1v) is 8.42. The number of methoxy groups -OCH3 is 1. The summed E-state index contributed by atoms with van der Waals surface area (Å²) >= 11 is 0.944. The maximum Gasteiger partial charge on any atom is 0.269 e. The third-order valence-corrected chi connectivity index (χ3v) is 4.27. The first-order valence-electron chi connectivity index (χ1n) is 7.60. The van der Waals surface area contributed by atoms with E-state index >= 15 is 0 Å². The third kappa shape index (κ3) is 5.00. The van der Waals surface area contributed by atoms with Crippen LogP contribution in [-0.4, -0.2) is 24.6 Å². The summed E-state index contributed by atoms with van der Waals surface area (Å²) in [6.45, 7) is 2.33. The number of nitro benzene ring substituents is 1. The summed E-state index contributed by atoms with van der Waals surface area (Å²) in [5.74, 6) is -0.301. The average Bonchev–Trinajstić information content (AvgIpc) is 2.62. The lowest BCUT2D eigenvalue weighted by Gasteiger charge is -2.11. The van der Waals surface area contributed by atoms with Crippen molar-refractivity contribution in [1.82, 2.24) is 0 Å². The van der Waals surface area contributed by atoms with Gasteiger partial charge in [-0.3, -0.25) is 10.1 Å². The number of carboxylic acid groups (broad SMARTS) is 1. The molecule has 0 aliphatic rings. The molecule has 8 heteroatoms. The van der Waals surface area contributed by atoms with Gasteiger partial charge in [-0.15, -0.1) is 0 Å². The molecule has 7 nitrogen and oxygen atoms in total. The van der Waals surface area contributed by atoms with E-state index in [1.165, 1.54) is 37.5 Å². The molecular formula is C18H16NO6S-. The number of ether oxygens (including phenoxy) is 2. The molecule has 2 rings (SSSR count). The van der Waals surface area contributed by atoms with Crippen molar-refractivity contribution in [2.45, 2.75) is 11.8 Å². The molecule has 2 aromatic rings. The number of carbonyl (C=O) groups excluding carboxylic acids is 1. The van der Waals surface area contributed by atoms with Crippen LogP contribution >= 0.6 is 11.8 Å². The molecule has 0 radical (unpaired) electrons. The smallest absolute Gasteiger partial charge is 0.269 e. The van der Waals surface area contributed by atoms with Crippen LogP contribution in [0.15, 0.2) is 52.3 Å². The summed E-state index contributed by atoms with van der Waals surface area (Å²) in [6.07, 6.45) is 1.44. The van der Waals surface area contributed by atoms with Crippen LogP contribution in [0.1, 0.15) is 12.5 Å². The highest BCUT2D eigenvalue weighted by Gasteiger charge is 2.09. The van der Waals surface area contributed by atoms with Crippen LogP contribution < -0.4 is 14.6 Å². The van der Waals surface area contributed by atoms with Crippen LogP contribution in [0.25, 0.3) is 6.08 Å². The summed E-state index contributed by atoms with van der Waals surface area (Å²) in [6, 6.07) is 10.6.